The fourth-order valence-electron chi connectivity index (χ4n) is 2.07. The maximum absolute atomic E-state index is 12.4. The largest absolute Gasteiger partial charge is 0.494 e. The number of carbonyl (C=O) groups is 1. The molecule has 2 aromatic rings. The van der Waals surface area contributed by atoms with Crippen molar-refractivity contribution < 1.29 is 17.9 Å². The molecular formula is C17H18Cl2N2O4S. The van der Waals surface area contributed by atoms with Crippen LogP contribution in [0.2, 0.25) is 10.0 Å². The van der Waals surface area contributed by atoms with Gasteiger partial charge in [0.15, 0.2) is 0 Å². The molecule has 2 rings (SSSR count). The zero-order valence-electron chi connectivity index (χ0n) is 14.1. The van der Waals surface area contributed by atoms with Crippen LogP contribution in [0.25, 0.3) is 0 Å². The van der Waals surface area contributed by atoms with Crippen molar-refractivity contribution in [3.8, 4) is 5.75 Å². The van der Waals surface area contributed by atoms with E-state index >= 15 is 0 Å². The summed E-state index contributed by atoms with van der Waals surface area (Å²) >= 11 is 11.8. The van der Waals surface area contributed by atoms with Crippen LogP contribution >= 0.6 is 23.2 Å². The number of sulfonamides is 1. The highest BCUT2D eigenvalue weighted by Gasteiger charge is 2.22. The fraction of sp³-hybridized carbons (Fsp3) is 0.235. The van der Waals surface area contributed by atoms with E-state index in [1.54, 1.807) is 18.2 Å². The smallest absolute Gasteiger partial charge is 0.242 e. The minimum atomic E-state index is -3.87. The average Bonchev–Trinajstić information content (AvgIpc) is 2.57. The Labute approximate surface area is 162 Å². The van der Waals surface area contributed by atoms with Crippen LogP contribution in [0.15, 0.2) is 47.4 Å². The Hall–Kier alpha value is -1.80. The van der Waals surface area contributed by atoms with Gasteiger partial charge in [-0.15, -0.1) is 0 Å². The van der Waals surface area contributed by atoms with Crippen LogP contribution in [-0.4, -0.2) is 27.0 Å². The van der Waals surface area contributed by atoms with Gasteiger partial charge in [0.1, 0.15) is 5.75 Å². The average molecular weight is 417 g/mol. The molecule has 0 bridgehead atoms. The number of nitrogens with one attached hydrogen (secondary N) is 2. The highest BCUT2D eigenvalue weighted by molar-refractivity contribution is 7.89. The summed E-state index contributed by atoms with van der Waals surface area (Å²) in [4.78, 5) is 12.3. The van der Waals surface area contributed by atoms with Crippen LogP contribution in [-0.2, 0) is 14.8 Å². The topological polar surface area (TPSA) is 84.5 Å². The summed E-state index contributed by atoms with van der Waals surface area (Å²) in [5.41, 5.74) is 0.341. The molecule has 0 aliphatic rings. The standard InChI is InChI=1S/C17H18Cl2N2O4S/c1-3-25-13-5-7-14(8-6-13)26(23,24)21-11(2)17(22)20-16-9-4-12(18)10-15(16)19/h4-11,21H,3H2,1-2H3,(H,20,22)/t11-/m1/s1. The molecule has 0 heterocycles. The molecule has 0 saturated carbocycles. The lowest BCUT2D eigenvalue weighted by atomic mass is 10.3. The van der Waals surface area contributed by atoms with Crippen LogP contribution in [0.5, 0.6) is 5.75 Å². The number of amides is 1. The molecule has 0 unspecified atom stereocenters. The van der Waals surface area contributed by atoms with Crippen molar-refractivity contribution in [2.24, 2.45) is 0 Å². The van der Waals surface area contributed by atoms with E-state index in [0.29, 0.717) is 23.1 Å². The van der Waals surface area contributed by atoms with Crippen LogP contribution in [0, 0.1) is 0 Å². The molecule has 6 nitrogen and oxygen atoms in total. The first-order valence-corrected chi connectivity index (χ1v) is 9.98. The van der Waals surface area contributed by atoms with E-state index in [0.717, 1.165) is 0 Å². The van der Waals surface area contributed by atoms with Crippen molar-refractivity contribution >= 4 is 44.8 Å². The third-order valence-electron chi connectivity index (χ3n) is 3.36. The number of ether oxygens (including phenoxy) is 1. The molecule has 1 amide bonds. The first-order chi connectivity index (χ1) is 12.2. The van der Waals surface area contributed by atoms with Crippen molar-refractivity contribution in [2.75, 3.05) is 11.9 Å². The van der Waals surface area contributed by atoms with Crippen LogP contribution in [0.1, 0.15) is 13.8 Å². The lowest BCUT2D eigenvalue weighted by Crippen LogP contribution is -2.41. The second-order valence-electron chi connectivity index (χ2n) is 5.36. The Balaban J connectivity index is 2.06. The van der Waals surface area contributed by atoms with Crippen molar-refractivity contribution in [2.45, 2.75) is 24.8 Å². The zero-order valence-corrected chi connectivity index (χ0v) is 16.5. The molecule has 0 aliphatic heterocycles. The normalized spacial score (nSPS) is 12.5. The molecule has 0 fully saturated rings. The third kappa shape index (κ3) is 5.35. The predicted octanol–water partition coefficient (Wildman–Crippen LogP) is 3.70. The second kappa shape index (κ2) is 8.73. The molecule has 2 aromatic carbocycles. The van der Waals surface area contributed by atoms with E-state index in [1.165, 1.54) is 31.2 Å². The summed E-state index contributed by atoms with van der Waals surface area (Å²) in [5.74, 6) is 0.0124. The number of rotatable bonds is 7. The van der Waals surface area contributed by atoms with Gasteiger partial charge >= 0.3 is 0 Å². The van der Waals surface area contributed by atoms with Crippen molar-refractivity contribution in [1.82, 2.24) is 4.72 Å². The van der Waals surface area contributed by atoms with Crippen molar-refractivity contribution in [1.29, 1.82) is 0 Å². The van der Waals surface area contributed by atoms with Crippen molar-refractivity contribution in [3.05, 3.63) is 52.5 Å². The number of benzene rings is 2. The molecule has 0 aliphatic carbocycles. The molecule has 2 N–H and O–H groups in total. The van der Waals surface area contributed by atoms with Crippen LogP contribution < -0.4 is 14.8 Å². The molecule has 26 heavy (non-hydrogen) atoms. The summed E-state index contributed by atoms with van der Waals surface area (Å²) in [7, 11) is -3.87. The number of anilines is 1. The van der Waals surface area contributed by atoms with Gasteiger partial charge in [-0.05, 0) is 56.3 Å². The molecule has 0 aromatic heterocycles. The van der Waals surface area contributed by atoms with E-state index in [9.17, 15) is 13.2 Å². The first-order valence-electron chi connectivity index (χ1n) is 7.74. The summed E-state index contributed by atoms with van der Waals surface area (Å²) in [6, 6.07) is 9.49. The minimum absolute atomic E-state index is 0.0325. The number of halogens is 2. The van der Waals surface area contributed by atoms with E-state index in [-0.39, 0.29) is 9.92 Å². The van der Waals surface area contributed by atoms with Gasteiger partial charge in [0.2, 0.25) is 15.9 Å². The molecule has 9 heteroatoms. The maximum Gasteiger partial charge on any atom is 0.242 e. The monoisotopic (exact) mass is 416 g/mol. The molecule has 0 radical (unpaired) electrons. The summed E-state index contributed by atoms with van der Waals surface area (Å²) in [6.07, 6.45) is 0. The maximum atomic E-state index is 12.4. The van der Waals surface area contributed by atoms with Gasteiger partial charge in [-0.25, -0.2) is 8.42 Å². The second-order valence-corrected chi connectivity index (χ2v) is 7.92. The number of hydrogen-bond donors (Lipinski definition) is 2. The Morgan fingerprint density at radius 2 is 1.81 bits per heavy atom. The number of hydrogen-bond acceptors (Lipinski definition) is 4. The van der Waals surface area contributed by atoms with Gasteiger partial charge in [0.05, 0.1) is 28.3 Å². The first kappa shape index (κ1) is 20.5. The summed E-state index contributed by atoms with van der Waals surface area (Å²) in [6.45, 7) is 3.75. The van der Waals surface area contributed by atoms with Crippen LogP contribution in [0.4, 0.5) is 5.69 Å². The van der Waals surface area contributed by atoms with Gasteiger partial charge < -0.3 is 10.1 Å². The SMILES string of the molecule is CCOc1ccc(S(=O)(=O)N[C@H](C)C(=O)Nc2ccc(Cl)cc2Cl)cc1. The molecule has 1 atom stereocenters. The molecular weight excluding hydrogens is 399 g/mol. The predicted molar refractivity (Wildman–Crippen MR) is 102 cm³/mol. The highest BCUT2D eigenvalue weighted by atomic mass is 35.5. The van der Waals surface area contributed by atoms with Gasteiger partial charge in [0, 0.05) is 5.02 Å². The third-order valence-corrected chi connectivity index (χ3v) is 5.46. The number of carbonyl (C=O) groups excluding carboxylic acids is 1. The van der Waals surface area contributed by atoms with Gasteiger partial charge in [-0.1, -0.05) is 23.2 Å². The Bertz CT molecular complexity index is 886. The van der Waals surface area contributed by atoms with E-state index < -0.39 is 22.0 Å². The zero-order chi connectivity index (χ0) is 19.3. The Morgan fingerprint density at radius 1 is 1.15 bits per heavy atom. The van der Waals surface area contributed by atoms with Gasteiger partial charge in [-0.3, -0.25) is 4.79 Å². The van der Waals surface area contributed by atoms with Gasteiger partial charge in [-0.2, -0.15) is 4.72 Å². The molecule has 0 saturated heterocycles. The molecule has 140 valence electrons. The van der Waals surface area contributed by atoms with E-state index in [2.05, 4.69) is 10.0 Å². The molecule has 0 spiro atoms. The van der Waals surface area contributed by atoms with Crippen LogP contribution in [0.3, 0.4) is 0 Å². The van der Waals surface area contributed by atoms with E-state index in [4.69, 9.17) is 27.9 Å². The highest BCUT2D eigenvalue weighted by Crippen LogP contribution is 2.25. The Morgan fingerprint density at radius 3 is 2.38 bits per heavy atom. The van der Waals surface area contributed by atoms with Gasteiger partial charge in [0.25, 0.3) is 0 Å². The fourth-order valence-corrected chi connectivity index (χ4v) is 3.73. The lowest BCUT2D eigenvalue weighted by molar-refractivity contribution is -0.117. The Kier molecular flexibility index (Phi) is 6.88. The van der Waals surface area contributed by atoms with Crippen molar-refractivity contribution in [3.63, 3.8) is 0 Å². The summed E-state index contributed by atoms with van der Waals surface area (Å²) < 4.78 is 32.4. The minimum Gasteiger partial charge on any atom is -0.494 e. The summed E-state index contributed by atoms with van der Waals surface area (Å²) in [5, 5.41) is 3.25. The van der Waals surface area contributed by atoms with E-state index in [1.807, 2.05) is 6.92 Å². The lowest BCUT2D eigenvalue weighted by Gasteiger charge is -2.15. The quantitative estimate of drug-likeness (QED) is 0.720.